The van der Waals surface area contributed by atoms with Gasteiger partial charge in [-0.05, 0) is 39.3 Å². The molecule has 2 aromatic rings. The highest BCUT2D eigenvalue weighted by Gasteiger charge is 2.22. The molecule has 0 saturated carbocycles. The SMILES string of the molecule is CCC(C)(C)NC(=O)c1sc(-c2cccc(Cl)c2)nc1C. The molecular formula is C16H19ClN2OS. The van der Waals surface area contributed by atoms with Crippen LogP contribution in [0.2, 0.25) is 5.02 Å². The third-order valence-corrected chi connectivity index (χ3v) is 4.85. The molecule has 0 fully saturated rings. The van der Waals surface area contributed by atoms with E-state index in [4.69, 9.17) is 11.6 Å². The predicted octanol–water partition coefficient (Wildman–Crippen LogP) is 4.69. The molecule has 0 spiro atoms. The maximum absolute atomic E-state index is 12.4. The van der Waals surface area contributed by atoms with Crippen LogP contribution < -0.4 is 5.32 Å². The van der Waals surface area contributed by atoms with Crippen molar-refractivity contribution in [3.63, 3.8) is 0 Å². The van der Waals surface area contributed by atoms with Crippen LogP contribution in [0.5, 0.6) is 0 Å². The van der Waals surface area contributed by atoms with Gasteiger partial charge >= 0.3 is 0 Å². The summed E-state index contributed by atoms with van der Waals surface area (Å²) in [5.74, 6) is -0.0647. The molecule has 0 unspecified atom stereocenters. The van der Waals surface area contributed by atoms with Crippen LogP contribution in [0.3, 0.4) is 0 Å². The summed E-state index contributed by atoms with van der Waals surface area (Å²) in [7, 11) is 0. The summed E-state index contributed by atoms with van der Waals surface area (Å²) < 4.78 is 0. The highest BCUT2D eigenvalue weighted by atomic mass is 35.5. The number of carbonyl (C=O) groups is 1. The molecule has 0 atom stereocenters. The van der Waals surface area contributed by atoms with E-state index in [0.29, 0.717) is 9.90 Å². The lowest BCUT2D eigenvalue weighted by Crippen LogP contribution is -2.42. The van der Waals surface area contributed by atoms with Gasteiger partial charge in [0.25, 0.3) is 5.91 Å². The van der Waals surface area contributed by atoms with Gasteiger partial charge in [0.2, 0.25) is 0 Å². The zero-order chi connectivity index (χ0) is 15.6. The number of halogens is 1. The summed E-state index contributed by atoms with van der Waals surface area (Å²) >= 11 is 7.41. The van der Waals surface area contributed by atoms with Crippen molar-refractivity contribution in [3.05, 3.63) is 39.9 Å². The van der Waals surface area contributed by atoms with E-state index in [1.807, 2.05) is 45.0 Å². The predicted molar refractivity (Wildman–Crippen MR) is 89.1 cm³/mol. The average Bonchev–Trinajstić information content (AvgIpc) is 2.80. The molecule has 1 heterocycles. The van der Waals surface area contributed by atoms with Crippen LogP contribution in [0.1, 0.15) is 42.6 Å². The van der Waals surface area contributed by atoms with Gasteiger partial charge in [0.15, 0.2) is 0 Å². The summed E-state index contributed by atoms with van der Waals surface area (Å²) in [5, 5.41) is 4.52. The van der Waals surface area contributed by atoms with Crippen molar-refractivity contribution in [2.24, 2.45) is 0 Å². The van der Waals surface area contributed by atoms with E-state index >= 15 is 0 Å². The molecule has 1 aromatic heterocycles. The van der Waals surface area contributed by atoms with Crippen molar-refractivity contribution < 1.29 is 4.79 Å². The molecule has 1 amide bonds. The van der Waals surface area contributed by atoms with Gasteiger partial charge < -0.3 is 5.32 Å². The molecule has 0 saturated heterocycles. The van der Waals surface area contributed by atoms with Gasteiger partial charge in [-0.3, -0.25) is 4.79 Å². The molecule has 0 bridgehead atoms. The zero-order valence-corrected chi connectivity index (χ0v) is 14.2. The minimum absolute atomic E-state index is 0.0647. The van der Waals surface area contributed by atoms with Gasteiger partial charge in [-0.25, -0.2) is 4.98 Å². The minimum Gasteiger partial charge on any atom is -0.346 e. The fourth-order valence-electron chi connectivity index (χ4n) is 1.80. The average molecular weight is 323 g/mol. The number of nitrogens with zero attached hydrogens (tertiary/aromatic N) is 1. The first-order valence-corrected chi connectivity index (χ1v) is 8.08. The Labute approximate surface area is 134 Å². The van der Waals surface area contributed by atoms with Gasteiger partial charge in [-0.1, -0.05) is 30.7 Å². The largest absolute Gasteiger partial charge is 0.346 e. The van der Waals surface area contributed by atoms with Gasteiger partial charge in [0.05, 0.1) is 5.69 Å². The normalized spacial score (nSPS) is 11.5. The van der Waals surface area contributed by atoms with E-state index in [-0.39, 0.29) is 11.4 Å². The molecule has 112 valence electrons. The smallest absolute Gasteiger partial charge is 0.263 e. The van der Waals surface area contributed by atoms with E-state index in [1.54, 1.807) is 0 Å². The number of carbonyl (C=O) groups excluding carboxylic acids is 1. The van der Waals surface area contributed by atoms with Gasteiger partial charge in [-0.2, -0.15) is 0 Å². The van der Waals surface area contributed by atoms with E-state index < -0.39 is 0 Å². The quantitative estimate of drug-likeness (QED) is 0.887. The van der Waals surface area contributed by atoms with Crippen LogP contribution in [0.25, 0.3) is 10.6 Å². The lowest BCUT2D eigenvalue weighted by molar-refractivity contribution is 0.0914. The number of aryl methyl sites for hydroxylation is 1. The second kappa shape index (κ2) is 6.16. The number of aromatic nitrogens is 1. The van der Waals surface area contributed by atoms with Crippen molar-refractivity contribution in [2.45, 2.75) is 39.7 Å². The molecule has 1 N–H and O–H groups in total. The van der Waals surface area contributed by atoms with Crippen LogP contribution in [0.15, 0.2) is 24.3 Å². The van der Waals surface area contributed by atoms with E-state index in [2.05, 4.69) is 17.2 Å². The summed E-state index contributed by atoms with van der Waals surface area (Å²) in [6.07, 6.45) is 0.873. The van der Waals surface area contributed by atoms with Crippen molar-refractivity contribution in [3.8, 4) is 10.6 Å². The van der Waals surface area contributed by atoms with Gasteiger partial charge in [0.1, 0.15) is 9.88 Å². The number of amides is 1. The van der Waals surface area contributed by atoms with Crippen LogP contribution in [-0.4, -0.2) is 16.4 Å². The number of hydrogen-bond acceptors (Lipinski definition) is 3. The highest BCUT2D eigenvalue weighted by Crippen LogP contribution is 2.29. The third kappa shape index (κ3) is 3.83. The van der Waals surface area contributed by atoms with Crippen LogP contribution in [0, 0.1) is 6.92 Å². The van der Waals surface area contributed by atoms with Crippen LogP contribution in [0.4, 0.5) is 0 Å². The standard InChI is InChI=1S/C16H19ClN2OS/c1-5-16(3,4)19-14(20)13-10(2)18-15(21-13)11-7-6-8-12(17)9-11/h6-9H,5H2,1-4H3,(H,19,20). The second-order valence-electron chi connectivity index (χ2n) is 5.64. The maximum atomic E-state index is 12.4. The number of benzene rings is 1. The van der Waals surface area contributed by atoms with E-state index in [1.165, 1.54) is 11.3 Å². The van der Waals surface area contributed by atoms with E-state index in [9.17, 15) is 4.79 Å². The lowest BCUT2D eigenvalue weighted by Gasteiger charge is -2.24. The second-order valence-corrected chi connectivity index (χ2v) is 7.07. The molecule has 1 aromatic carbocycles. The van der Waals surface area contributed by atoms with Crippen molar-refractivity contribution in [1.82, 2.24) is 10.3 Å². The Kier molecular flexibility index (Phi) is 4.69. The highest BCUT2D eigenvalue weighted by molar-refractivity contribution is 7.17. The molecule has 3 nitrogen and oxygen atoms in total. The Bertz CT molecular complexity index is 664. The first-order chi connectivity index (χ1) is 9.82. The fourth-order valence-corrected chi connectivity index (χ4v) is 2.95. The Hall–Kier alpha value is -1.39. The summed E-state index contributed by atoms with van der Waals surface area (Å²) in [6.45, 7) is 7.94. The lowest BCUT2D eigenvalue weighted by atomic mass is 10.0. The molecule has 21 heavy (non-hydrogen) atoms. The molecule has 0 aliphatic rings. The van der Waals surface area contributed by atoms with Crippen molar-refractivity contribution in [1.29, 1.82) is 0 Å². The number of thiazole rings is 1. The Morgan fingerprint density at radius 3 is 2.76 bits per heavy atom. The number of hydrogen-bond donors (Lipinski definition) is 1. The van der Waals surface area contributed by atoms with Crippen molar-refractivity contribution >= 4 is 28.8 Å². The molecular weight excluding hydrogens is 304 g/mol. The van der Waals surface area contributed by atoms with Gasteiger partial charge in [-0.15, -0.1) is 11.3 Å². The molecule has 0 aliphatic heterocycles. The van der Waals surface area contributed by atoms with Crippen molar-refractivity contribution in [2.75, 3.05) is 0 Å². The summed E-state index contributed by atoms with van der Waals surface area (Å²) in [4.78, 5) is 17.5. The summed E-state index contributed by atoms with van der Waals surface area (Å²) in [6, 6.07) is 7.51. The Morgan fingerprint density at radius 1 is 1.43 bits per heavy atom. The zero-order valence-electron chi connectivity index (χ0n) is 12.7. The first-order valence-electron chi connectivity index (χ1n) is 6.88. The monoisotopic (exact) mass is 322 g/mol. The molecule has 2 rings (SSSR count). The van der Waals surface area contributed by atoms with Gasteiger partial charge in [0, 0.05) is 16.1 Å². The fraction of sp³-hybridized carbons (Fsp3) is 0.375. The minimum atomic E-state index is -0.219. The topological polar surface area (TPSA) is 42.0 Å². The molecule has 5 heteroatoms. The molecule has 0 radical (unpaired) electrons. The Balaban J connectivity index is 2.29. The maximum Gasteiger partial charge on any atom is 0.263 e. The van der Waals surface area contributed by atoms with Crippen LogP contribution >= 0.6 is 22.9 Å². The van der Waals surface area contributed by atoms with Crippen LogP contribution in [-0.2, 0) is 0 Å². The third-order valence-electron chi connectivity index (χ3n) is 3.41. The Morgan fingerprint density at radius 2 is 2.14 bits per heavy atom. The number of rotatable bonds is 4. The first kappa shape index (κ1) is 16.0. The summed E-state index contributed by atoms with van der Waals surface area (Å²) in [5.41, 5.74) is 1.47. The number of nitrogens with one attached hydrogen (secondary N) is 1. The molecule has 0 aliphatic carbocycles. The van der Waals surface area contributed by atoms with E-state index in [0.717, 1.165) is 22.7 Å².